The van der Waals surface area contributed by atoms with Crippen LogP contribution < -0.4 is 5.32 Å². The highest BCUT2D eigenvalue weighted by atomic mass is 16.1. The van der Waals surface area contributed by atoms with Gasteiger partial charge < -0.3 is 5.32 Å². The summed E-state index contributed by atoms with van der Waals surface area (Å²) in [5, 5.41) is 4.54. The molecule has 1 fully saturated rings. The summed E-state index contributed by atoms with van der Waals surface area (Å²) < 4.78 is 0. The van der Waals surface area contributed by atoms with Gasteiger partial charge in [0.1, 0.15) is 0 Å². The van der Waals surface area contributed by atoms with Crippen molar-refractivity contribution in [3.8, 4) is 0 Å². The number of rotatable bonds is 7. The van der Waals surface area contributed by atoms with Gasteiger partial charge in [-0.15, -0.1) is 0 Å². The maximum Gasteiger partial charge on any atom is 0.221 e. The zero-order valence-electron chi connectivity index (χ0n) is 20.1. The number of nitrogens with one attached hydrogen (secondary N) is 1. The lowest BCUT2D eigenvalue weighted by molar-refractivity contribution is -0.123. The van der Waals surface area contributed by atoms with Crippen molar-refractivity contribution in [3.63, 3.8) is 0 Å². The number of hydrogen-bond donors (Lipinski definition) is 1. The number of carbonyl (C=O) groups excluding carboxylic acids is 1. The maximum atomic E-state index is 12.8. The fraction of sp³-hybridized carbons (Fsp3) is 0.464. The van der Waals surface area contributed by atoms with Crippen LogP contribution in [0.15, 0.2) is 60.9 Å². The van der Waals surface area contributed by atoms with Gasteiger partial charge in [0.25, 0.3) is 0 Å². The van der Waals surface area contributed by atoms with Crippen LogP contribution in [0.5, 0.6) is 0 Å². The summed E-state index contributed by atoms with van der Waals surface area (Å²) in [6.45, 7) is 8.28. The third kappa shape index (κ3) is 6.38. The molecule has 1 aliphatic rings. The van der Waals surface area contributed by atoms with Gasteiger partial charge in [-0.3, -0.25) is 19.7 Å². The van der Waals surface area contributed by atoms with Crippen LogP contribution in [0.3, 0.4) is 0 Å². The standard InChI is InChI=1S/C28H36N4O/c1-28(2,3)19-27(33)31-26(25-13-4-6-15-30-25)18-22-11-5-7-17-32(22)20-21-10-8-14-24-23(21)12-9-16-29-24/h4,6,8-10,12-16,22,26H,5,7,11,17-20H2,1-3H3,(H,31,33). The summed E-state index contributed by atoms with van der Waals surface area (Å²) in [4.78, 5) is 24.6. The third-order valence-electron chi connectivity index (χ3n) is 6.44. The largest absolute Gasteiger partial charge is 0.348 e. The third-order valence-corrected chi connectivity index (χ3v) is 6.44. The Hall–Kier alpha value is -2.79. The number of pyridine rings is 2. The Labute approximate surface area is 197 Å². The highest BCUT2D eigenvalue weighted by Gasteiger charge is 2.29. The number of amides is 1. The lowest BCUT2D eigenvalue weighted by atomic mass is 9.90. The van der Waals surface area contributed by atoms with Crippen molar-refractivity contribution in [3.05, 3.63) is 72.2 Å². The minimum absolute atomic E-state index is 0.0436. The van der Waals surface area contributed by atoms with Crippen LogP contribution in [-0.2, 0) is 11.3 Å². The van der Waals surface area contributed by atoms with Gasteiger partial charge >= 0.3 is 0 Å². The Morgan fingerprint density at radius 1 is 1.06 bits per heavy atom. The molecule has 1 N–H and O–H groups in total. The van der Waals surface area contributed by atoms with E-state index in [1.807, 2.05) is 36.7 Å². The van der Waals surface area contributed by atoms with Gasteiger partial charge in [-0.25, -0.2) is 0 Å². The summed E-state index contributed by atoms with van der Waals surface area (Å²) in [7, 11) is 0. The monoisotopic (exact) mass is 444 g/mol. The maximum absolute atomic E-state index is 12.8. The smallest absolute Gasteiger partial charge is 0.221 e. The minimum Gasteiger partial charge on any atom is -0.348 e. The lowest BCUT2D eigenvalue weighted by Gasteiger charge is -2.38. The Bertz CT molecular complexity index is 1050. The van der Waals surface area contributed by atoms with Crippen molar-refractivity contribution >= 4 is 16.8 Å². The van der Waals surface area contributed by atoms with Gasteiger partial charge in [-0.1, -0.05) is 51.5 Å². The number of fused-ring (bicyclic) bond motifs is 1. The first-order chi connectivity index (χ1) is 15.9. The minimum atomic E-state index is -0.0826. The number of nitrogens with zero attached hydrogens (tertiary/aromatic N) is 3. The van der Waals surface area contributed by atoms with E-state index in [2.05, 4.69) is 65.2 Å². The molecular formula is C28H36N4O. The molecule has 4 rings (SSSR count). The summed E-state index contributed by atoms with van der Waals surface area (Å²) in [5.41, 5.74) is 3.26. The molecule has 3 heterocycles. The second-order valence-corrected chi connectivity index (χ2v) is 10.5. The number of carbonyl (C=O) groups is 1. The first-order valence-corrected chi connectivity index (χ1v) is 12.2. The van der Waals surface area contributed by atoms with Gasteiger partial charge in [0.05, 0.1) is 17.3 Å². The molecule has 2 atom stereocenters. The Morgan fingerprint density at radius 2 is 1.91 bits per heavy atom. The van der Waals surface area contributed by atoms with E-state index in [1.165, 1.54) is 23.8 Å². The molecule has 5 nitrogen and oxygen atoms in total. The quantitative estimate of drug-likeness (QED) is 0.510. The number of benzene rings is 1. The molecule has 0 spiro atoms. The second kappa shape index (κ2) is 10.4. The van der Waals surface area contributed by atoms with Gasteiger partial charge in [0.15, 0.2) is 0 Å². The fourth-order valence-corrected chi connectivity index (χ4v) is 4.89. The van der Waals surface area contributed by atoms with E-state index in [-0.39, 0.29) is 17.4 Å². The number of piperidine rings is 1. The molecule has 3 aromatic rings. The molecule has 2 unspecified atom stereocenters. The molecule has 33 heavy (non-hydrogen) atoms. The average Bonchev–Trinajstić information content (AvgIpc) is 2.79. The normalized spacial score (nSPS) is 18.2. The second-order valence-electron chi connectivity index (χ2n) is 10.5. The van der Waals surface area contributed by atoms with Gasteiger partial charge in [0.2, 0.25) is 5.91 Å². The molecule has 174 valence electrons. The molecule has 1 aliphatic heterocycles. The Morgan fingerprint density at radius 3 is 2.70 bits per heavy atom. The van der Waals surface area contributed by atoms with Crippen molar-refractivity contribution in [2.45, 2.75) is 71.5 Å². The molecule has 1 aromatic carbocycles. The lowest BCUT2D eigenvalue weighted by Crippen LogP contribution is -2.42. The fourth-order valence-electron chi connectivity index (χ4n) is 4.89. The van der Waals surface area contributed by atoms with E-state index in [9.17, 15) is 4.79 Å². The van der Waals surface area contributed by atoms with Crippen molar-refractivity contribution in [2.24, 2.45) is 5.41 Å². The van der Waals surface area contributed by atoms with Crippen LogP contribution >= 0.6 is 0 Å². The van der Waals surface area contributed by atoms with Gasteiger partial charge in [-0.05, 0) is 61.1 Å². The number of hydrogen-bond acceptors (Lipinski definition) is 4. The van der Waals surface area contributed by atoms with E-state index < -0.39 is 0 Å². The molecule has 0 saturated carbocycles. The zero-order valence-corrected chi connectivity index (χ0v) is 20.1. The van der Waals surface area contributed by atoms with E-state index >= 15 is 0 Å². The van der Waals surface area contributed by atoms with Crippen LogP contribution in [-0.4, -0.2) is 33.4 Å². The van der Waals surface area contributed by atoms with E-state index in [4.69, 9.17) is 0 Å². The number of likely N-dealkylation sites (tertiary alicyclic amines) is 1. The molecular weight excluding hydrogens is 408 g/mol. The SMILES string of the molecule is CC(C)(C)CC(=O)NC(CC1CCCCN1Cc1cccc2ncccc12)c1ccccn1. The van der Waals surface area contributed by atoms with Crippen molar-refractivity contribution in [2.75, 3.05) is 6.54 Å². The highest BCUT2D eigenvalue weighted by Crippen LogP contribution is 2.29. The van der Waals surface area contributed by atoms with Crippen LogP contribution in [0, 0.1) is 5.41 Å². The molecule has 0 radical (unpaired) electrons. The Kier molecular flexibility index (Phi) is 7.39. The van der Waals surface area contributed by atoms with Crippen LogP contribution in [0.1, 0.15) is 70.2 Å². The topological polar surface area (TPSA) is 58.1 Å². The molecule has 0 bridgehead atoms. The summed E-state index contributed by atoms with van der Waals surface area (Å²) in [6.07, 6.45) is 8.63. The first-order valence-electron chi connectivity index (χ1n) is 12.2. The molecule has 2 aromatic heterocycles. The van der Waals surface area contributed by atoms with E-state index in [0.29, 0.717) is 12.5 Å². The van der Waals surface area contributed by atoms with E-state index in [1.54, 1.807) is 0 Å². The number of aromatic nitrogens is 2. The van der Waals surface area contributed by atoms with E-state index in [0.717, 1.165) is 37.1 Å². The molecule has 5 heteroatoms. The molecule has 1 amide bonds. The van der Waals surface area contributed by atoms with Crippen LogP contribution in [0.25, 0.3) is 10.9 Å². The summed E-state index contributed by atoms with van der Waals surface area (Å²) in [6, 6.07) is 16.9. The summed E-state index contributed by atoms with van der Waals surface area (Å²) in [5.74, 6) is 0.0978. The van der Waals surface area contributed by atoms with Crippen LogP contribution in [0.4, 0.5) is 0 Å². The molecule has 1 saturated heterocycles. The van der Waals surface area contributed by atoms with Crippen molar-refractivity contribution < 1.29 is 4.79 Å². The van der Waals surface area contributed by atoms with Crippen molar-refractivity contribution in [1.29, 1.82) is 0 Å². The molecule has 0 aliphatic carbocycles. The first kappa shape index (κ1) is 23.4. The zero-order chi connectivity index (χ0) is 23.3. The highest BCUT2D eigenvalue weighted by molar-refractivity contribution is 5.81. The predicted octanol–water partition coefficient (Wildman–Crippen LogP) is 5.67. The summed E-state index contributed by atoms with van der Waals surface area (Å²) >= 11 is 0. The Balaban J connectivity index is 1.54. The van der Waals surface area contributed by atoms with Crippen LogP contribution in [0.2, 0.25) is 0 Å². The van der Waals surface area contributed by atoms with Gasteiger partial charge in [-0.2, -0.15) is 0 Å². The predicted molar refractivity (Wildman–Crippen MR) is 134 cm³/mol. The van der Waals surface area contributed by atoms with Gasteiger partial charge in [0, 0.05) is 36.8 Å². The van der Waals surface area contributed by atoms with Crippen molar-refractivity contribution in [1.82, 2.24) is 20.2 Å². The average molecular weight is 445 g/mol.